The first-order valence-electron chi connectivity index (χ1n) is 5.91. The Bertz CT molecular complexity index is 659. The van der Waals surface area contributed by atoms with Crippen LogP contribution in [0.4, 0.5) is 26.3 Å². The van der Waals surface area contributed by atoms with Crippen molar-refractivity contribution >= 4 is 16.9 Å². The Morgan fingerprint density at radius 2 is 1.68 bits per heavy atom. The average molecular weight is 325 g/mol. The fraction of sp³-hybridized carbons (Fsp3) is 0.333. The second kappa shape index (κ2) is 5.50. The van der Waals surface area contributed by atoms with Gasteiger partial charge in [-0.3, -0.25) is 4.79 Å². The predicted octanol–water partition coefficient (Wildman–Crippen LogP) is 3.13. The number of aromatic nitrogens is 2. The molecule has 0 unspecified atom stereocenters. The molecule has 0 aliphatic heterocycles. The molecule has 1 aromatic carbocycles. The van der Waals surface area contributed by atoms with Crippen LogP contribution < -0.4 is 0 Å². The van der Waals surface area contributed by atoms with Gasteiger partial charge in [-0.2, -0.15) is 26.3 Å². The summed E-state index contributed by atoms with van der Waals surface area (Å²) in [5, 5.41) is 0. The van der Waals surface area contributed by atoms with Gasteiger partial charge in [0.1, 0.15) is 13.1 Å². The largest absolute Gasteiger partial charge is 0.406 e. The highest BCUT2D eigenvalue weighted by Crippen LogP contribution is 2.24. The van der Waals surface area contributed by atoms with Gasteiger partial charge in [-0.05, 0) is 18.2 Å². The zero-order valence-electron chi connectivity index (χ0n) is 10.8. The Morgan fingerprint density at radius 1 is 1.09 bits per heavy atom. The van der Waals surface area contributed by atoms with Crippen LogP contribution in [0.5, 0.6) is 0 Å². The Labute approximate surface area is 119 Å². The SMILES string of the molecule is O=C(c1ccc2[nH]cnc2c1)N(CC(F)(F)F)CC(F)(F)F. The highest BCUT2D eigenvalue weighted by Gasteiger charge is 2.39. The predicted molar refractivity (Wildman–Crippen MR) is 64.1 cm³/mol. The quantitative estimate of drug-likeness (QED) is 0.882. The third-order valence-electron chi connectivity index (χ3n) is 2.70. The summed E-state index contributed by atoms with van der Waals surface area (Å²) < 4.78 is 74.3. The number of H-pyrrole nitrogens is 1. The molecule has 0 fully saturated rings. The van der Waals surface area contributed by atoms with Crippen LogP contribution >= 0.6 is 0 Å². The summed E-state index contributed by atoms with van der Waals surface area (Å²) in [6.45, 7) is -3.96. The minimum atomic E-state index is -4.93. The third kappa shape index (κ3) is 4.12. The van der Waals surface area contributed by atoms with E-state index in [0.29, 0.717) is 5.52 Å². The molecule has 2 rings (SSSR count). The van der Waals surface area contributed by atoms with E-state index in [0.717, 1.165) is 12.1 Å². The van der Waals surface area contributed by atoms with Crippen LogP contribution in [-0.2, 0) is 0 Å². The molecule has 0 saturated carbocycles. The lowest BCUT2D eigenvalue weighted by Gasteiger charge is -2.25. The van der Waals surface area contributed by atoms with E-state index in [9.17, 15) is 31.1 Å². The van der Waals surface area contributed by atoms with E-state index in [1.54, 1.807) is 0 Å². The number of nitrogens with one attached hydrogen (secondary N) is 1. The number of carbonyl (C=O) groups excluding carboxylic acids is 1. The standard InChI is InChI=1S/C12H9F6N3O/c13-11(14,15)4-21(5-12(16,17)18)10(22)7-1-2-8-9(3-7)20-6-19-8/h1-3,6H,4-5H2,(H,19,20). The van der Waals surface area contributed by atoms with Crippen LogP contribution in [0.15, 0.2) is 24.5 Å². The Balaban J connectivity index is 2.30. The Kier molecular flexibility index (Phi) is 4.03. The van der Waals surface area contributed by atoms with E-state index in [1.807, 2.05) is 0 Å². The monoisotopic (exact) mass is 325 g/mol. The van der Waals surface area contributed by atoms with E-state index in [4.69, 9.17) is 0 Å². The van der Waals surface area contributed by atoms with Crippen molar-refractivity contribution in [3.05, 3.63) is 30.1 Å². The zero-order valence-corrected chi connectivity index (χ0v) is 10.8. The molecule has 1 aromatic heterocycles. The summed E-state index contributed by atoms with van der Waals surface area (Å²) in [5.74, 6) is -1.36. The fourth-order valence-corrected chi connectivity index (χ4v) is 1.88. The number of benzene rings is 1. The minimum Gasteiger partial charge on any atom is -0.345 e. The molecule has 10 heteroatoms. The van der Waals surface area contributed by atoms with Gasteiger partial charge in [0.05, 0.1) is 17.4 Å². The van der Waals surface area contributed by atoms with Gasteiger partial charge in [0, 0.05) is 5.56 Å². The summed E-state index contributed by atoms with van der Waals surface area (Å²) in [6.07, 6.45) is -8.57. The number of nitrogens with zero attached hydrogens (tertiary/aromatic N) is 2. The number of hydrogen-bond donors (Lipinski definition) is 1. The number of amides is 1. The number of fused-ring (bicyclic) bond motifs is 1. The van der Waals surface area contributed by atoms with E-state index in [1.165, 1.54) is 12.4 Å². The number of halogens is 6. The molecule has 1 N–H and O–H groups in total. The highest BCUT2D eigenvalue weighted by atomic mass is 19.4. The van der Waals surface area contributed by atoms with Gasteiger partial charge in [-0.15, -0.1) is 0 Å². The van der Waals surface area contributed by atoms with Gasteiger partial charge in [0.2, 0.25) is 0 Å². The zero-order chi connectivity index (χ0) is 16.5. The van der Waals surface area contributed by atoms with E-state index in [2.05, 4.69) is 9.97 Å². The minimum absolute atomic E-state index is 0.268. The first kappa shape index (κ1) is 16.1. The molecule has 22 heavy (non-hydrogen) atoms. The lowest BCUT2D eigenvalue weighted by molar-refractivity contribution is -0.171. The van der Waals surface area contributed by atoms with Crippen LogP contribution in [0.3, 0.4) is 0 Å². The topological polar surface area (TPSA) is 49.0 Å². The number of imidazole rings is 1. The molecular formula is C12H9F6N3O. The molecule has 4 nitrogen and oxygen atoms in total. The molecule has 0 aliphatic rings. The molecular weight excluding hydrogens is 316 g/mol. The van der Waals surface area contributed by atoms with Crippen LogP contribution in [-0.4, -0.2) is 46.2 Å². The summed E-state index contributed by atoms with van der Waals surface area (Å²) in [6, 6.07) is 3.63. The van der Waals surface area contributed by atoms with E-state index < -0.39 is 31.3 Å². The number of aromatic amines is 1. The van der Waals surface area contributed by atoms with Crippen LogP contribution in [0, 0.1) is 0 Å². The van der Waals surface area contributed by atoms with Crippen molar-refractivity contribution in [1.29, 1.82) is 0 Å². The normalized spacial score (nSPS) is 12.6. The number of alkyl halides is 6. The maximum Gasteiger partial charge on any atom is 0.406 e. The molecule has 1 amide bonds. The molecule has 0 aliphatic carbocycles. The van der Waals surface area contributed by atoms with Crippen molar-refractivity contribution in [3.8, 4) is 0 Å². The molecule has 0 saturated heterocycles. The number of rotatable bonds is 3. The molecule has 120 valence electrons. The van der Waals surface area contributed by atoms with Crippen molar-refractivity contribution in [2.75, 3.05) is 13.1 Å². The second-order valence-electron chi connectivity index (χ2n) is 4.53. The number of hydrogen-bond acceptors (Lipinski definition) is 2. The van der Waals surface area contributed by atoms with Gasteiger partial charge in [0.25, 0.3) is 5.91 Å². The smallest absolute Gasteiger partial charge is 0.345 e. The first-order chi connectivity index (χ1) is 10.1. The molecule has 0 bridgehead atoms. The van der Waals surface area contributed by atoms with Crippen molar-refractivity contribution in [3.63, 3.8) is 0 Å². The lowest BCUT2D eigenvalue weighted by Crippen LogP contribution is -2.44. The van der Waals surface area contributed by atoms with Gasteiger partial charge >= 0.3 is 12.4 Å². The average Bonchev–Trinajstić information content (AvgIpc) is 2.80. The third-order valence-corrected chi connectivity index (χ3v) is 2.70. The maximum absolute atomic E-state index is 12.4. The highest BCUT2D eigenvalue weighted by molar-refractivity contribution is 5.97. The Morgan fingerprint density at radius 3 is 2.23 bits per heavy atom. The molecule has 0 atom stereocenters. The van der Waals surface area contributed by atoms with E-state index >= 15 is 0 Å². The molecule has 2 aromatic rings. The van der Waals surface area contributed by atoms with Crippen molar-refractivity contribution in [2.24, 2.45) is 0 Å². The summed E-state index contributed by atoms with van der Waals surface area (Å²) in [5.41, 5.74) is 0.479. The Hall–Kier alpha value is -2.26. The maximum atomic E-state index is 12.4. The van der Waals surface area contributed by atoms with Crippen LogP contribution in [0.2, 0.25) is 0 Å². The number of carbonyl (C=O) groups is 1. The van der Waals surface area contributed by atoms with Gasteiger partial charge in [-0.1, -0.05) is 0 Å². The van der Waals surface area contributed by atoms with E-state index in [-0.39, 0.29) is 16.0 Å². The summed E-state index contributed by atoms with van der Waals surface area (Å²) >= 11 is 0. The van der Waals surface area contributed by atoms with Gasteiger partial charge in [0.15, 0.2) is 0 Å². The first-order valence-corrected chi connectivity index (χ1v) is 5.91. The molecule has 0 spiro atoms. The van der Waals surface area contributed by atoms with Crippen LogP contribution in [0.25, 0.3) is 11.0 Å². The summed E-state index contributed by atoms with van der Waals surface area (Å²) in [4.78, 5) is 18.2. The van der Waals surface area contributed by atoms with Crippen LogP contribution in [0.1, 0.15) is 10.4 Å². The lowest BCUT2D eigenvalue weighted by atomic mass is 10.1. The van der Waals surface area contributed by atoms with Crippen molar-refractivity contribution < 1.29 is 31.1 Å². The summed E-state index contributed by atoms with van der Waals surface area (Å²) in [7, 11) is 0. The van der Waals surface area contributed by atoms with Crippen molar-refractivity contribution in [2.45, 2.75) is 12.4 Å². The molecule has 0 radical (unpaired) electrons. The fourth-order valence-electron chi connectivity index (χ4n) is 1.88. The van der Waals surface area contributed by atoms with Crippen molar-refractivity contribution in [1.82, 2.24) is 14.9 Å². The second-order valence-corrected chi connectivity index (χ2v) is 4.53. The van der Waals surface area contributed by atoms with Gasteiger partial charge in [-0.25, -0.2) is 4.98 Å². The van der Waals surface area contributed by atoms with Gasteiger partial charge < -0.3 is 9.88 Å². The molecule has 1 heterocycles.